The number of H-pyrrole nitrogens is 1. The summed E-state index contributed by atoms with van der Waals surface area (Å²) in [4.78, 5) is 11.5. The zero-order valence-electron chi connectivity index (χ0n) is 32.7. The summed E-state index contributed by atoms with van der Waals surface area (Å²) in [7, 11) is 0. The lowest BCUT2D eigenvalue weighted by molar-refractivity contribution is 1.10. The third kappa shape index (κ3) is 6.28. The van der Waals surface area contributed by atoms with Gasteiger partial charge < -0.3 is 4.98 Å². The fourth-order valence-corrected chi connectivity index (χ4v) is 8.75. The Balaban J connectivity index is 0.000000764. The van der Waals surface area contributed by atoms with Crippen LogP contribution in [0.4, 0.5) is 0 Å². The summed E-state index contributed by atoms with van der Waals surface area (Å²) < 4.78 is 2.26. The van der Waals surface area contributed by atoms with Crippen LogP contribution in [0.2, 0.25) is 0 Å². The second-order valence-electron chi connectivity index (χ2n) is 15.1. The van der Waals surface area contributed by atoms with Crippen molar-refractivity contribution >= 4 is 54.1 Å². The van der Waals surface area contributed by atoms with Crippen molar-refractivity contribution in [2.75, 3.05) is 0 Å². The van der Waals surface area contributed by atoms with E-state index in [1.54, 1.807) is 18.7 Å². The quantitative estimate of drug-likeness (QED) is 0.177. The van der Waals surface area contributed by atoms with Crippen LogP contribution in [0.5, 0.6) is 0 Å². The summed E-state index contributed by atoms with van der Waals surface area (Å²) >= 11 is 0. The van der Waals surface area contributed by atoms with Crippen molar-refractivity contribution in [3.63, 3.8) is 0 Å². The van der Waals surface area contributed by atoms with Crippen molar-refractivity contribution in [1.82, 2.24) is 19.5 Å². The molecule has 0 bridgehead atoms. The zero-order chi connectivity index (χ0) is 39.8. The number of benzene rings is 10. The lowest BCUT2D eigenvalue weighted by atomic mass is 9.84. The molecule has 0 spiro atoms. The van der Waals surface area contributed by atoms with Crippen LogP contribution < -0.4 is 0 Å². The number of fused-ring (bicyclic) bond motifs is 5. The second kappa shape index (κ2) is 15.0. The molecule has 1 N–H and O–H groups in total. The lowest BCUT2D eigenvalue weighted by Gasteiger charge is -2.19. The van der Waals surface area contributed by atoms with E-state index >= 15 is 0 Å². The molecule has 0 aliphatic carbocycles. The van der Waals surface area contributed by atoms with Gasteiger partial charge in [-0.25, -0.2) is 9.97 Å². The smallest absolute Gasteiger partial charge is 0.145 e. The van der Waals surface area contributed by atoms with Crippen LogP contribution in [-0.2, 0) is 0 Å². The molecular formula is C56H38N4. The fourth-order valence-electron chi connectivity index (χ4n) is 8.75. The Morgan fingerprint density at radius 2 is 0.917 bits per heavy atom. The van der Waals surface area contributed by atoms with Crippen LogP contribution in [0.25, 0.3) is 105 Å². The van der Waals surface area contributed by atoms with Crippen LogP contribution in [0.1, 0.15) is 0 Å². The maximum Gasteiger partial charge on any atom is 0.145 e. The lowest BCUT2D eigenvalue weighted by Crippen LogP contribution is -1.97. The SMILES string of the molecule is c1c[nH]cn1.c1ccc(-n2c(-c3ccc(-c4ccc5c(-c6ccc7ccccc7c6)c6ccccc6c(-c6ccc7ccccc7c6)c5c4)cc3)nc3ccccc32)cc1. The molecule has 60 heavy (non-hydrogen) atoms. The first-order chi connectivity index (χ1) is 29.8. The molecule has 4 heteroatoms. The van der Waals surface area contributed by atoms with E-state index in [9.17, 15) is 0 Å². The number of imidazole rings is 2. The topological polar surface area (TPSA) is 46.5 Å². The number of rotatable bonds is 5. The standard InChI is InChI=1S/C53H34N2.C3H4N2/c1-2-16-44(17-3-1)55-50-21-11-10-20-49(50)54-53(55)38-26-22-37(23-27-38)41-30-31-47-48(34-41)52(43-29-25-36-13-5-7-15-40(36)33-43)46-19-9-8-18-45(46)51(47)42-28-24-35-12-4-6-14-39(35)32-42;1-2-5-3-4-1/h1-34H;1-3H,(H,4,5). The third-order valence-electron chi connectivity index (χ3n) is 11.6. The van der Waals surface area contributed by atoms with Crippen molar-refractivity contribution in [2.45, 2.75) is 0 Å². The molecule has 0 atom stereocenters. The molecular weight excluding hydrogens is 729 g/mol. The van der Waals surface area contributed by atoms with Gasteiger partial charge in [0.1, 0.15) is 5.82 Å². The predicted octanol–water partition coefficient (Wildman–Crippen LogP) is 14.7. The molecule has 0 radical (unpaired) electrons. The average molecular weight is 767 g/mol. The Labute approximate surface area is 347 Å². The molecule has 2 heterocycles. The van der Waals surface area contributed by atoms with Gasteiger partial charge in [0.25, 0.3) is 0 Å². The number of nitrogens with zero attached hydrogens (tertiary/aromatic N) is 3. The molecule has 0 aliphatic rings. The molecule has 12 aromatic rings. The van der Waals surface area contributed by atoms with E-state index in [0.717, 1.165) is 33.7 Å². The van der Waals surface area contributed by atoms with E-state index in [4.69, 9.17) is 4.98 Å². The van der Waals surface area contributed by atoms with E-state index in [1.165, 1.54) is 70.9 Å². The van der Waals surface area contributed by atoms with Crippen molar-refractivity contribution in [3.05, 3.63) is 225 Å². The molecule has 4 nitrogen and oxygen atoms in total. The number of hydrogen-bond donors (Lipinski definition) is 1. The van der Waals surface area contributed by atoms with E-state index in [2.05, 4.69) is 221 Å². The van der Waals surface area contributed by atoms with Gasteiger partial charge >= 0.3 is 0 Å². The molecule has 0 unspecified atom stereocenters. The normalized spacial score (nSPS) is 11.3. The van der Waals surface area contributed by atoms with E-state index in [-0.39, 0.29) is 0 Å². The zero-order valence-corrected chi connectivity index (χ0v) is 32.7. The number of nitrogens with one attached hydrogen (secondary N) is 1. The molecule has 10 aromatic carbocycles. The first-order valence-corrected chi connectivity index (χ1v) is 20.3. The average Bonchev–Trinajstić information content (AvgIpc) is 4.04. The van der Waals surface area contributed by atoms with Crippen molar-refractivity contribution in [3.8, 4) is 50.5 Å². The van der Waals surface area contributed by atoms with Gasteiger partial charge in [0.2, 0.25) is 0 Å². The molecule has 12 rings (SSSR count). The Kier molecular flexibility index (Phi) is 8.79. The Morgan fingerprint density at radius 3 is 1.55 bits per heavy atom. The highest BCUT2D eigenvalue weighted by Gasteiger charge is 2.19. The number of para-hydroxylation sites is 3. The van der Waals surface area contributed by atoms with Gasteiger partial charge in [0.15, 0.2) is 0 Å². The molecule has 282 valence electrons. The van der Waals surface area contributed by atoms with Crippen LogP contribution in [0, 0.1) is 0 Å². The summed E-state index contributed by atoms with van der Waals surface area (Å²) in [5, 5.41) is 9.97. The largest absolute Gasteiger partial charge is 0.351 e. The molecule has 0 saturated carbocycles. The summed E-state index contributed by atoms with van der Waals surface area (Å²) in [6.07, 6.45) is 5.08. The molecule has 0 aliphatic heterocycles. The van der Waals surface area contributed by atoms with Gasteiger partial charge in [-0.1, -0.05) is 164 Å². The van der Waals surface area contributed by atoms with Gasteiger partial charge in [0.05, 0.1) is 17.4 Å². The molecule has 2 aromatic heterocycles. The van der Waals surface area contributed by atoms with Crippen LogP contribution in [-0.4, -0.2) is 19.5 Å². The third-order valence-corrected chi connectivity index (χ3v) is 11.6. The summed E-state index contributed by atoms with van der Waals surface area (Å²) in [6.45, 7) is 0. The Morgan fingerprint density at radius 1 is 0.383 bits per heavy atom. The molecule has 0 fully saturated rings. The Hall–Kier alpha value is -8.08. The van der Waals surface area contributed by atoms with Crippen LogP contribution >= 0.6 is 0 Å². The van der Waals surface area contributed by atoms with Gasteiger partial charge in [0, 0.05) is 23.6 Å². The maximum atomic E-state index is 5.12. The van der Waals surface area contributed by atoms with Crippen molar-refractivity contribution < 1.29 is 0 Å². The molecule has 0 amide bonds. The number of aromatic nitrogens is 4. The van der Waals surface area contributed by atoms with Crippen molar-refractivity contribution in [2.24, 2.45) is 0 Å². The summed E-state index contributed by atoms with van der Waals surface area (Å²) in [5.74, 6) is 0.933. The number of hydrogen-bond acceptors (Lipinski definition) is 2. The Bertz CT molecular complexity index is 3460. The first-order valence-electron chi connectivity index (χ1n) is 20.3. The minimum absolute atomic E-state index is 0.933. The van der Waals surface area contributed by atoms with E-state index < -0.39 is 0 Å². The minimum atomic E-state index is 0.933. The minimum Gasteiger partial charge on any atom is -0.351 e. The summed E-state index contributed by atoms with van der Waals surface area (Å²) in [5.41, 5.74) is 11.6. The van der Waals surface area contributed by atoms with Gasteiger partial charge in [-0.05, 0) is 119 Å². The second-order valence-corrected chi connectivity index (χ2v) is 15.1. The van der Waals surface area contributed by atoms with Gasteiger partial charge in [-0.3, -0.25) is 4.57 Å². The highest BCUT2D eigenvalue weighted by molar-refractivity contribution is 6.22. The van der Waals surface area contributed by atoms with E-state index in [0.29, 0.717) is 0 Å². The number of aromatic amines is 1. The highest BCUT2D eigenvalue weighted by Crippen LogP contribution is 2.46. The highest BCUT2D eigenvalue weighted by atomic mass is 15.1. The van der Waals surface area contributed by atoms with Gasteiger partial charge in [-0.2, -0.15) is 0 Å². The van der Waals surface area contributed by atoms with Crippen LogP contribution in [0.3, 0.4) is 0 Å². The van der Waals surface area contributed by atoms with Crippen molar-refractivity contribution in [1.29, 1.82) is 0 Å². The maximum absolute atomic E-state index is 5.12. The fraction of sp³-hybridized carbons (Fsp3) is 0. The van der Waals surface area contributed by atoms with E-state index in [1.807, 2.05) is 0 Å². The molecule has 0 saturated heterocycles. The summed E-state index contributed by atoms with van der Waals surface area (Å²) in [6, 6.07) is 74.8. The monoisotopic (exact) mass is 766 g/mol. The van der Waals surface area contributed by atoms with Gasteiger partial charge in [-0.15, -0.1) is 0 Å². The van der Waals surface area contributed by atoms with Crippen LogP contribution in [0.15, 0.2) is 225 Å². The first kappa shape index (κ1) is 35.1. The predicted molar refractivity (Wildman–Crippen MR) is 251 cm³/mol.